The second-order valence-corrected chi connectivity index (χ2v) is 4.36. The van der Waals surface area contributed by atoms with Crippen molar-refractivity contribution in [2.45, 2.75) is 20.4 Å². The number of hydrogen-bond acceptors (Lipinski definition) is 3. The molecule has 100 valence electrons. The highest BCUT2D eigenvalue weighted by molar-refractivity contribution is 5.93. The number of benzene rings is 1. The summed E-state index contributed by atoms with van der Waals surface area (Å²) < 4.78 is 15.4. The maximum Gasteiger partial charge on any atom is 0.265 e. The highest BCUT2D eigenvalue weighted by Gasteiger charge is 2.10. The Hall–Kier alpha value is -2.21. The molecule has 19 heavy (non-hydrogen) atoms. The zero-order chi connectivity index (χ0) is 14.0. The largest absolute Gasteiger partial charge is 0.290 e. The van der Waals surface area contributed by atoms with Gasteiger partial charge in [-0.2, -0.15) is 5.10 Å². The second-order valence-electron chi connectivity index (χ2n) is 4.36. The topological polar surface area (TPSA) is 72.9 Å². The van der Waals surface area contributed by atoms with E-state index >= 15 is 0 Å². The molecule has 0 atom stereocenters. The number of halogens is 1. The van der Waals surface area contributed by atoms with Gasteiger partial charge < -0.3 is 0 Å². The minimum atomic E-state index is -0.449. The van der Waals surface area contributed by atoms with Gasteiger partial charge in [-0.3, -0.25) is 14.9 Å². The fraction of sp³-hybridized carbons (Fsp3) is 0.231. The molecule has 1 aromatic heterocycles. The average Bonchev–Trinajstić information content (AvgIpc) is 2.69. The molecule has 0 saturated carbocycles. The summed E-state index contributed by atoms with van der Waals surface area (Å²) in [5.41, 5.74) is 4.54. The molecular formula is C13H15FN4O. The maximum absolute atomic E-state index is 13.8. The van der Waals surface area contributed by atoms with Crippen molar-refractivity contribution >= 4 is 5.91 Å². The molecule has 2 rings (SSSR count). The molecular weight excluding hydrogens is 247 g/mol. The van der Waals surface area contributed by atoms with Crippen molar-refractivity contribution in [1.29, 1.82) is 0 Å². The standard InChI is InChI=1S/C13H15FN4O/c1-8-5-9(2)18(17-8)7-11-6-10(13(19)16-15)3-4-12(11)14/h3-6H,7,15H2,1-2H3,(H,16,19). The molecule has 0 aliphatic heterocycles. The third kappa shape index (κ3) is 2.79. The van der Waals surface area contributed by atoms with Crippen LogP contribution in [0.15, 0.2) is 24.3 Å². The Balaban J connectivity index is 2.34. The van der Waals surface area contributed by atoms with Crippen LogP contribution < -0.4 is 11.3 Å². The zero-order valence-electron chi connectivity index (χ0n) is 10.8. The van der Waals surface area contributed by atoms with Crippen molar-refractivity contribution in [3.8, 4) is 0 Å². The van der Waals surface area contributed by atoms with E-state index < -0.39 is 5.91 Å². The van der Waals surface area contributed by atoms with Gasteiger partial charge >= 0.3 is 0 Å². The van der Waals surface area contributed by atoms with Gasteiger partial charge in [0.15, 0.2) is 0 Å². The molecule has 1 heterocycles. The van der Waals surface area contributed by atoms with Crippen LogP contribution in [0.1, 0.15) is 27.3 Å². The van der Waals surface area contributed by atoms with Crippen LogP contribution in [0.5, 0.6) is 0 Å². The number of carbonyl (C=O) groups excluding carboxylic acids is 1. The van der Waals surface area contributed by atoms with Crippen LogP contribution in [0.4, 0.5) is 4.39 Å². The van der Waals surface area contributed by atoms with E-state index in [0.717, 1.165) is 11.4 Å². The van der Waals surface area contributed by atoms with Crippen LogP contribution in [0.2, 0.25) is 0 Å². The third-order valence-electron chi connectivity index (χ3n) is 2.86. The molecule has 0 aliphatic carbocycles. The number of carbonyl (C=O) groups is 1. The molecule has 2 aromatic rings. The number of aryl methyl sites for hydroxylation is 2. The number of hydrogen-bond donors (Lipinski definition) is 2. The van der Waals surface area contributed by atoms with Gasteiger partial charge in [0.05, 0.1) is 12.2 Å². The monoisotopic (exact) mass is 262 g/mol. The number of nitrogens with one attached hydrogen (secondary N) is 1. The molecule has 0 saturated heterocycles. The molecule has 0 radical (unpaired) electrons. The summed E-state index contributed by atoms with van der Waals surface area (Å²) in [5, 5.41) is 4.27. The van der Waals surface area contributed by atoms with E-state index in [0.29, 0.717) is 11.1 Å². The van der Waals surface area contributed by atoms with Crippen molar-refractivity contribution in [3.05, 3.63) is 52.6 Å². The van der Waals surface area contributed by atoms with E-state index in [1.165, 1.54) is 18.2 Å². The van der Waals surface area contributed by atoms with Crippen LogP contribution in [0, 0.1) is 19.7 Å². The predicted molar refractivity (Wildman–Crippen MR) is 68.9 cm³/mol. The summed E-state index contributed by atoms with van der Waals surface area (Å²) >= 11 is 0. The van der Waals surface area contributed by atoms with Gasteiger partial charge in [0, 0.05) is 16.8 Å². The fourth-order valence-electron chi connectivity index (χ4n) is 1.92. The van der Waals surface area contributed by atoms with Gasteiger partial charge in [0.1, 0.15) is 5.82 Å². The van der Waals surface area contributed by atoms with Crippen molar-refractivity contribution in [2.24, 2.45) is 5.84 Å². The Kier molecular flexibility index (Phi) is 3.62. The van der Waals surface area contributed by atoms with Crippen LogP contribution in [0.25, 0.3) is 0 Å². The fourth-order valence-corrected chi connectivity index (χ4v) is 1.92. The van der Waals surface area contributed by atoms with Crippen molar-refractivity contribution < 1.29 is 9.18 Å². The summed E-state index contributed by atoms with van der Waals surface area (Å²) in [4.78, 5) is 11.4. The number of hydrazine groups is 1. The lowest BCUT2D eigenvalue weighted by molar-refractivity contribution is 0.0953. The molecule has 1 aromatic carbocycles. The summed E-state index contributed by atoms with van der Waals surface area (Å²) in [7, 11) is 0. The Labute approximate surface area is 110 Å². The Bertz CT molecular complexity index is 621. The highest BCUT2D eigenvalue weighted by atomic mass is 19.1. The third-order valence-corrected chi connectivity index (χ3v) is 2.86. The van der Waals surface area contributed by atoms with E-state index in [1.54, 1.807) is 4.68 Å². The number of nitrogens with zero attached hydrogens (tertiary/aromatic N) is 2. The molecule has 0 aliphatic rings. The summed E-state index contributed by atoms with van der Waals surface area (Å²) in [6, 6.07) is 6.04. The minimum Gasteiger partial charge on any atom is -0.290 e. The number of amides is 1. The van der Waals surface area contributed by atoms with Gasteiger partial charge in [0.2, 0.25) is 0 Å². The van der Waals surface area contributed by atoms with Crippen molar-refractivity contribution in [2.75, 3.05) is 0 Å². The second kappa shape index (κ2) is 5.19. The maximum atomic E-state index is 13.8. The lowest BCUT2D eigenvalue weighted by Crippen LogP contribution is -2.30. The van der Waals surface area contributed by atoms with Crippen LogP contribution in [-0.4, -0.2) is 15.7 Å². The molecule has 0 unspecified atom stereocenters. The molecule has 0 bridgehead atoms. The van der Waals surface area contributed by atoms with E-state index in [-0.39, 0.29) is 12.4 Å². The Morgan fingerprint density at radius 3 is 2.74 bits per heavy atom. The lowest BCUT2D eigenvalue weighted by Gasteiger charge is -2.08. The Morgan fingerprint density at radius 1 is 1.42 bits per heavy atom. The van der Waals surface area contributed by atoms with Crippen molar-refractivity contribution in [1.82, 2.24) is 15.2 Å². The molecule has 5 nitrogen and oxygen atoms in total. The average molecular weight is 262 g/mol. The van der Waals surface area contributed by atoms with Gasteiger partial charge in [0.25, 0.3) is 5.91 Å². The van der Waals surface area contributed by atoms with Crippen LogP contribution in [0.3, 0.4) is 0 Å². The van der Waals surface area contributed by atoms with Crippen molar-refractivity contribution in [3.63, 3.8) is 0 Å². The number of nitrogen functional groups attached to an aromatic ring is 1. The van der Waals surface area contributed by atoms with E-state index in [2.05, 4.69) is 5.10 Å². The summed E-state index contributed by atoms with van der Waals surface area (Å²) in [6.07, 6.45) is 0. The van der Waals surface area contributed by atoms with Crippen LogP contribution >= 0.6 is 0 Å². The summed E-state index contributed by atoms with van der Waals surface area (Å²) in [6.45, 7) is 4.05. The van der Waals surface area contributed by atoms with Gasteiger partial charge in [-0.05, 0) is 38.1 Å². The lowest BCUT2D eigenvalue weighted by atomic mass is 10.1. The number of rotatable bonds is 3. The SMILES string of the molecule is Cc1cc(C)n(Cc2cc(C(=O)NN)ccc2F)n1. The number of nitrogens with two attached hydrogens (primary N) is 1. The first kappa shape index (κ1) is 13.2. The first-order chi connectivity index (χ1) is 9.01. The molecule has 1 amide bonds. The first-order valence-electron chi connectivity index (χ1n) is 5.81. The molecule has 0 spiro atoms. The van der Waals surface area contributed by atoms with Gasteiger partial charge in [-0.15, -0.1) is 0 Å². The molecule has 6 heteroatoms. The first-order valence-corrected chi connectivity index (χ1v) is 5.81. The minimum absolute atomic E-state index is 0.275. The smallest absolute Gasteiger partial charge is 0.265 e. The highest BCUT2D eigenvalue weighted by Crippen LogP contribution is 2.13. The van der Waals surface area contributed by atoms with E-state index in [1.807, 2.05) is 25.3 Å². The van der Waals surface area contributed by atoms with Gasteiger partial charge in [-0.25, -0.2) is 10.2 Å². The number of aromatic nitrogens is 2. The van der Waals surface area contributed by atoms with Crippen LogP contribution in [-0.2, 0) is 6.54 Å². The normalized spacial score (nSPS) is 10.5. The molecule has 3 N–H and O–H groups in total. The summed E-state index contributed by atoms with van der Waals surface area (Å²) in [5.74, 6) is 4.24. The Morgan fingerprint density at radius 2 is 2.16 bits per heavy atom. The van der Waals surface area contributed by atoms with E-state index in [4.69, 9.17) is 5.84 Å². The van der Waals surface area contributed by atoms with E-state index in [9.17, 15) is 9.18 Å². The predicted octanol–water partition coefficient (Wildman–Crippen LogP) is 1.29. The quantitative estimate of drug-likeness (QED) is 0.497. The van der Waals surface area contributed by atoms with Gasteiger partial charge in [-0.1, -0.05) is 0 Å². The molecule has 0 fully saturated rings. The zero-order valence-corrected chi connectivity index (χ0v) is 10.8.